The number of rotatable bonds is 7. The van der Waals surface area contributed by atoms with Crippen LogP contribution in [0.2, 0.25) is 0 Å². The third-order valence-corrected chi connectivity index (χ3v) is 5.33. The third-order valence-electron chi connectivity index (χ3n) is 5.33. The highest BCUT2D eigenvalue weighted by Crippen LogP contribution is 2.44. The minimum atomic E-state index is -0.360. The Balaban J connectivity index is 1.75. The zero-order valence-corrected chi connectivity index (χ0v) is 16.3. The Labute approximate surface area is 161 Å². The molecule has 2 atom stereocenters. The molecule has 2 aromatic rings. The van der Waals surface area contributed by atoms with Crippen LogP contribution in [0.15, 0.2) is 54.6 Å². The molecular formula is C22H28N3O2+. The van der Waals surface area contributed by atoms with Crippen molar-refractivity contribution in [3.8, 4) is 0 Å². The van der Waals surface area contributed by atoms with E-state index in [0.717, 1.165) is 5.69 Å². The third kappa shape index (κ3) is 3.88. The molecule has 27 heavy (non-hydrogen) atoms. The number of hydrogen-bond acceptors (Lipinski definition) is 4. The second-order valence-electron chi connectivity index (χ2n) is 7.11. The summed E-state index contributed by atoms with van der Waals surface area (Å²) in [4.78, 5) is 28.7. The summed E-state index contributed by atoms with van der Waals surface area (Å²) in [6, 6.07) is 18.7. The molecule has 2 N–H and O–H groups in total. The molecule has 2 aromatic carbocycles. The Morgan fingerprint density at radius 1 is 1.04 bits per heavy atom. The lowest BCUT2D eigenvalue weighted by Crippen LogP contribution is -2.91. The van der Waals surface area contributed by atoms with Crippen LogP contribution in [0.1, 0.15) is 32.0 Å². The van der Waals surface area contributed by atoms with Crippen LogP contribution in [0.4, 0.5) is 11.4 Å². The summed E-state index contributed by atoms with van der Waals surface area (Å²) in [5.74, 6) is -0.845. The van der Waals surface area contributed by atoms with Gasteiger partial charge < -0.3 is 9.80 Å². The van der Waals surface area contributed by atoms with Gasteiger partial charge in [0.05, 0.1) is 17.9 Å². The molecule has 5 nitrogen and oxygen atoms in total. The van der Waals surface area contributed by atoms with Gasteiger partial charge in [-0.2, -0.15) is 0 Å². The Morgan fingerprint density at radius 2 is 1.67 bits per heavy atom. The zero-order valence-electron chi connectivity index (χ0n) is 16.3. The van der Waals surface area contributed by atoms with Gasteiger partial charge in [-0.1, -0.05) is 56.3 Å². The molecule has 5 heteroatoms. The quantitative estimate of drug-likeness (QED) is 0.764. The number of Topliss-reactive ketones (excluding diaryl/α,β-unsaturated/α-hetero) is 1. The number of benzene rings is 2. The van der Waals surface area contributed by atoms with Crippen molar-refractivity contribution in [2.75, 3.05) is 29.9 Å². The molecule has 0 aliphatic carbocycles. The number of carbonyl (C=O) groups excluding carboxylic acids is 2. The molecular weight excluding hydrogens is 338 g/mol. The summed E-state index contributed by atoms with van der Waals surface area (Å²) in [5.41, 5.74) is 3.54. The predicted molar refractivity (Wildman–Crippen MR) is 108 cm³/mol. The lowest BCUT2D eigenvalue weighted by atomic mass is 10.0. The molecule has 0 saturated carbocycles. The van der Waals surface area contributed by atoms with Gasteiger partial charge in [0.25, 0.3) is 5.78 Å². The normalized spacial score (nSPS) is 16.9. The van der Waals surface area contributed by atoms with Crippen LogP contribution in [0.25, 0.3) is 0 Å². The number of nitrogens with zero attached hydrogens (tertiary/aromatic N) is 2. The van der Waals surface area contributed by atoms with Crippen molar-refractivity contribution >= 4 is 23.1 Å². The number of anilines is 2. The fourth-order valence-electron chi connectivity index (χ4n) is 3.61. The number of nitrogens with two attached hydrogens (primary N) is 1. The molecule has 1 aliphatic heterocycles. The first-order valence-corrected chi connectivity index (χ1v) is 9.59. The summed E-state index contributed by atoms with van der Waals surface area (Å²) < 4.78 is 0. The average Bonchev–Trinajstić information content (AvgIpc) is 2.99. The van der Waals surface area contributed by atoms with Crippen LogP contribution < -0.4 is 15.1 Å². The highest BCUT2D eigenvalue weighted by atomic mass is 16.2. The second kappa shape index (κ2) is 8.35. The molecule has 1 amide bonds. The van der Waals surface area contributed by atoms with Gasteiger partial charge in [-0.05, 0) is 24.1 Å². The van der Waals surface area contributed by atoms with E-state index in [0.29, 0.717) is 19.5 Å². The predicted octanol–water partition coefficient (Wildman–Crippen LogP) is 2.35. The Kier molecular flexibility index (Phi) is 5.91. The van der Waals surface area contributed by atoms with E-state index in [1.807, 2.05) is 44.2 Å². The van der Waals surface area contributed by atoms with Crippen molar-refractivity contribution in [1.82, 2.24) is 0 Å². The zero-order chi connectivity index (χ0) is 19.4. The summed E-state index contributed by atoms with van der Waals surface area (Å²) in [7, 11) is 2.10. The van der Waals surface area contributed by atoms with Crippen LogP contribution in [0, 0.1) is 5.92 Å². The van der Waals surface area contributed by atoms with Crippen LogP contribution in [-0.4, -0.2) is 31.8 Å². The van der Waals surface area contributed by atoms with Crippen molar-refractivity contribution in [2.24, 2.45) is 5.92 Å². The fraction of sp³-hybridized carbons (Fsp3) is 0.364. The summed E-state index contributed by atoms with van der Waals surface area (Å²) in [5, 5.41) is 1.55. The number of primary amides is 1. The van der Waals surface area contributed by atoms with Gasteiger partial charge in [-0.25, -0.2) is 4.79 Å². The Bertz CT molecular complexity index is 806. The van der Waals surface area contributed by atoms with E-state index in [2.05, 4.69) is 41.1 Å². The maximum Gasteiger partial charge on any atom is 0.378 e. The highest BCUT2D eigenvalue weighted by Gasteiger charge is 2.34. The van der Waals surface area contributed by atoms with Gasteiger partial charge in [0.1, 0.15) is 12.7 Å². The number of para-hydroxylation sites is 2. The first-order chi connectivity index (χ1) is 13.0. The van der Waals surface area contributed by atoms with E-state index >= 15 is 0 Å². The summed E-state index contributed by atoms with van der Waals surface area (Å²) in [6.45, 7) is 4.97. The van der Waals surface area contributed by atoms with Gasteiger partial charge in [-0.15, -0.1) is 0 Å². The molecule has 3 rings (SSSR count). The van der Waals surface area contributed by atoms with Gasteiger partial charge in [0.2, 0.25) is 0 Å². The molecule has 0 saturated heterocycles. The minimum Gasteiger partial charge on any atom is -0.349 e. The van der Waals surface area contributed by atoms with E-state index in [9.17, 15) is 9.59 Å². The molecule has 0 fully saturated rings. The molecule has 1 unspecified atom stereocenters. The SMILES string of the molecule is CC[C@@H](C)C(=O)C(=O)[NH2+]CCN1c2ccccc2N(C)C1c1ccccc1. The van der Waals surface area contributed by atoms with Gasteiger partial charge in [0, 0.05) is 13.0 Å². The topological polar surface area (TPSA) is 57.2 Å². The van der Waals surface area contributed by atoms with Crippen LogP contribution in [0.5, 0.6) is 0 Å². The van der Waals surface area contributed by atoms with E-state index in [4.69, 9.17) is 0 Å². The largest absolute Gasteiger partial charge is 0.378 e. The summed E-state index contributed by atoms with van der Waals surface area (Å²) >= 11 is 0. The number of carbonyl (C=O) groups is 2. The van der Waals surface area contributed by atoms with Crippen molar-refractivity contribution in [1.29, 1.82) is 0 Å². The smallest absolute Gasteiger partial charge is 0.349 e. The van der Waals surface area contributed by atoms with E-state index in [1.54, 1.807) is 5.32 Å². The molecule has 1 aliphatic rings. The lowest BCUT2D eigenvalue weighted by Gasteiger charge is -2.30. The standard InChI is InChI=1S/C22H27N3O2/c1-4-16(2)20(26)21(27)23-14-15-25-19-13-9-8-12-18(19)24(3)22(25)17-10-6-5-7-11-17/h5-13,16,22H,4,14-15H2,1-3H3,(H,23,27)/p+1/t16-,22?/m1/s1. The first-order valence-electron chi connectivity index (χ1n) is 9.59. The highest BCUT2D eigenvalue weighted by molar-refractivity contribution is 6.32. The van der Waals surface area contributed by atoms with Crippen LogP contribution in [0.3, 0.4) is 0 Å². The maximum atomic E-state index is 12.1. The monoisotopic (exact) mass is 366 g/mol. The molecule has 0 bridgehead atoms. The number of quaternary nitrogens is 1. The minimum absolute atomic E-state index is 0.0809. The van der Waals surface area contributed by atoms with E-state index < -0.39 is 0 Å². The van der Waals surface area contributed by atoms with Crippen molar-refractivity contribution in [3.05, 3.63) is 60.2 Å². The van der Waals surface area contributed by atoms with Gasteiger partial charge in [-0.3, -0.25) is 10.1 Å². The maximum absolute atomic E-state index is 12.1. The lowest BCUT2D eigenvalue weighted by molar-refractivity contribution is -0.561. The Hall–Kier alpha value is -2.66. The van der Waals surface area contributed by atoms with E-state index in [1.165, 1.54) is 11.3 Å². The number of hydrogen-bond donors (Lipinski definition) is 1. The van der Waals surface area contributed by atoms with Crippen molar-refractivity contribution in [2.45, 2.75) is 26.4 Å². The number of fused-ring (bicyclic) bond motifs is 1. The number of amides is 1. The second-order valence-corrected chi connectivity index (χ2v) is 7.11. The van der Waals surface area contributed by atoms with E-state index in [-0.39, 0.29) is 23.8 Å². The van der Waals surface area contributed by atoms with Crippen LogP contribution >= 0.6 is 0 Å². The average molecular weight is 366 g/mol. The summed E-state index contributed by atoms with van der Waals surface area (Å²) in [6.07, 6.45) is 0.774. The van der Waals surface area contributed by atoms with Crippen molar-refractivity contribution in [3.63, 3.8) is 0 Å². The molecule has 0 radical (unpaired) electrons. The van der Waals surface area contributed by atoms with Crippen molar-refractivity contribution < 1.29 is 14.9 Å². The van der Waals surface area contributed by atoms with Gasteiger partial charge in [0.15, 0.2) is 0 Å². The first kappa shape index (κ1) is 19.1. The van der Waals surface area contributed by atoms with Crippen LogP contribution in [-0.2, 0) is 9.59 Å². The molecule has 1 heterocycles. The van der Waals surface area contributed by atoms with Gasteiger partial charge >= 0.3 is 5.91 Å². The molecule has 142 valence electrons. The fourth-order valence-corrected chi connectivity index (χ4v) is 3.61. The molecule has 0 spiro atoms. The number of ketones is 1. The Morgan fingerprint density at radius 3 is 2.33 bits per heavy atom. The molecule has 0 aromatic heterocycles.